The molecule has 4 rings (SSSR count). The Balaban J connectivity index is 1.46. The number of fused-ring (bicyclic) bond motifs is 1. The molecule has 0 aliphatic heterocycles. The third-order valence-electron chi connectivity index (χ3n) is 7.09. The molecule has 0 amide bonds. The molecule has 3 aromatic rings. The SMILES string of the molecule is C/C=C/c1ccc2c(F)c(-c3ccc(C4CCC(CCCCC)CC4)cc3)ccc2c1. The molecular formula is C30H35F. The van der Waals surface area contributed by atoms with Crippen LogP contribution < -0.4 is 0 Å². The highest BCUT2D eigenvalue weighted by Gasteiger charge is 2.22. The van der Waals surface area contributed by atoms with Crippen molar-refractivity contribution < 1.29 is 4.39 Å². The number of rotatable bonds is 7. The maximum absolute atomic E-state index is 15.3. The van der Waals surface area contributed by atoms with Crippen molar-refractivity contribution >= 4 is 16.8 Å². The number of hydrogen-bond donors (Lipinski definition) is 0. The van der Waals surface area contributed by atoms with Crippen LogP contribution in [0.15, 0.2) is 60.7 Å². The Morgan fingerprint density at radius 1 is 0.903 bits per heavy atom. The molecule has 0 spiro atoms. The molecule has 1 aliphatic carbocycles. The predicted octanol–water partition coefficient (Wildman–Crippen LogP) is 9.53. The molecule has 0 unspecified atom stereocenters. The fraction of sp³-hybridized carbons (Fsp3) is 0.400. The van der Waals surface area contributed by atoms with Crippen LogP contribution in [0.3, 0.4) is 0 Å². The summed E-state index contributed by atoms with van der Waals surface area (Å²) >= 11 is 0. The van der Waals surface area contributed by atoms with E-state index >= 15 is 4.39 Å². The van der Waals surface area contributed by atoms with Gasteiger partial charge in [0.2, 0.25) is 0 Å². The Labute approximate surface area is 187 Å². The second-order valence-corrected chi connectivity index (χ2v) is 9.24. The molecule has 0 bridgehead atoms. The Hall–Kier alpha value is -2.41. The smallest absolute Gasteiger partial charge is 0.138 e. The molecule has 3 aromatic carbocycles. The molecule has 31 heavy (non-hydrogen) atoms. The zero-order chi connectivity index (χ0) is 21.6. The maximum atomic E-state index is 15.3. The van der Waals surface area contributed by atoms with Crippen molar-refractivity contribution in [3.05, 3.63) is 77.6 Å². The quantitative estimate of drug-likeness (QED) is 0.338. The molecule has 1 saturated carbocycles. The molecule has 162 valence electrons. The number of hydrogen-bond acceptors (Lipinski definition) is 0. The van der Waals surface area contributed by atoms with Crippen LogP contribution >= 0.6 is 0 Å². The Bertz CT molecular complexity index is 1020. The fourth-order valence-corrected chi connectivity index (χ4v) is 5.23. The average molecular weight is 415 g/mol. The molecule has 0 radical (unpaired) electrons. The van der Waals surface area contributed by atoms with Crippen LogP contribution in [0.4, 0.5) is 4.39 Å². The van der Waals surface area contributed by atoms with Gasteiger partial charge in [-0.1, -0.05) is 93.3 Å². The molecule has 0 nitrogen and oxygen atoms in total. The lowest BCUT2D eigenvalue weighted by molar-refractivity contribution is 0.303. The number of benzene rings is 3. The summed E-state index contributed by atoms with van der Waals surface area (Å²) in [5, 5.41) is 1.64. The van der Waals surface area contributed by atoms with E-state index in [4.69, 9.17) is 0 Å². The third-order valence-corrected chi connectivity index (χ3v) is 7.09. The van der Waals surface area contributed by atoms with Gasteiger partial charge in [0.1, 0.15) is 5.82 Å². The first kappa shape index (κ1) is 21.8. The third kappa shape index (κ3) is 5.09. The molecule has 0 atom stereocenters. The summed E-state index contributed by atoms with van der Waals surface area (Å²) in [5.74, 6) is 1.48. The lowest BCUT2D eigenvalue weighted by Crippen LogP contribution is -2.13. The van der Waals surface area contributed by atoms with E-state index in [9.17, 15) is 0 Å². The van der Waals surface area contributed by atoms with Crippen LogP contribution in [0.5, 0.6) is 0 Å². The van der Waals surface area contributed by atoms with Crippen LogP contribution in [-0.2, 0) is 0 Å². The first-order chi connectivity index (χ1) is 15.2. The Morgan fingerprint density at radius 3 is 2.39 bits per heavy atom. The number of unbranched alkanes of at least 4 members (excludes halogenated alkanes) is 2. The van der Waals surface area contributed by atoms with Gasteiger partial charge >= 0.3 is 0 Å². The molecule has 1 fully saturated rings. The maximum Gasteiger partial charge on any atom is 0.138 e. The monoisotopic (exact) mass is 414 g/mol. The van der Waals surface area contributed by atoms with Crippen molar-refractivity contribution in [3.63, 3.8) is 0 Å². The van der Waals surface area contributed by atoms with E-state index in [0.717, 1.165) is 22.4 Å². The average Bonchev–Trinajstić information content (AvgIpc) is 2.80. The molecule has 0 saturated heterocycles. The van der Waals surface area contributed by atoms with Gasteiger partial charge < -0.3 is 0 Å². The van der Waals surface area contributed by atoms with Gasteiger partial charge in [-0.2, -0.15) is 0 Å². The largest absolute Gasteiger partial charge is 0.206 e. The van der Waals surface area contributed by atoms with Gasteiger partial charge in [0.25, 0.3) is 0 Å². The minimum atomic E-state index is -0.120. The topological polar surface area (TPSA) is 0 Å². The first-order valence-electron chi connectivity index (χ1n) is 12.1. The highest BCUT2D eigenvalue weighted by Crippen LogP contribution is 2.38. The summed E-state index contributed by atoms with van der Waals surface area (Å²) in [7, 11) is 0. The van der Waals surface area contributed by atoms with Crippen LogP contribution in [0.25, 0.3) is 28.0 Å². The molecule has 1 aliphatic rings. The van der Waals surface area contributed by atoms with E-state index in [2.05, 4.69) is 31.2 Å². The second kappa shape index (κ2) is 10.3. The van der Waals surface area contributed by atoms with Crippen LogP contribution in [0.1, 0.15) is 82.3 Å². The van der Waals surface area contributed by atoms with Crippen molar-refractivity contribution in [2.45, 2.75) is 71.1 Å². The summed E-state index contributed by atoms with van der Waals surface area (Å²) in [4.78, 5) is 0. The molecule has 0 aromatic heterocycles. The van der Waals surface area contributed by atoms with Crippen LogP contribution in [0.2, 0.25) is 0 Å². The Morgan fingerprint density at radius 2 is 1.68 bits per heavy atom. The molecule has 0 heterocycles. The Kier molecular flexibility index (Phi) is 7.22. The number of allylic oxidation sites excluding steroid dienone is 1. The minimum Gasteiger partial charge on any atom is -0.206 e. The van der Waals surface area contributed by atoms with Crippen molar-refractivity contribution in [3.8, 4) is 11.1 Å². The standard InChI is InChI=1S/C30H35F/c1-3-5-6-8-22-9-12-24(13-10-22)25-14-16-26(17-15-25)28-20-18-27-21-23(7-4-2)11-19-29(27)30(28)31/h4,7,11,14-22,24H,3,5-6,8-10,12-13H2,1-2H3/b7-4+. The van der Waals surface area contributed by atoms with E-state index in [-0.39, 0.29) is 5.82 Å². The van der Waals surface area contributed by atoms with E-state index < -0.39 is 0 Å². The lowest BCUT2D eigenvalue weighted by Gasteiger charge is -2.29. The predicted molar refractivity (Wildman–Crippen MR) is 133 cm³/mol. The molecule has 0 N–H and O–H groups in total. The van der Waals surface area contributed by atoms with Gasteiger partial charge in [-0.05, 0) is 72.6 Å². The minimum absolute atomic E-state index is 0.120. The van der Waals surface area contributed by atoms with Crippen molar-refractivity contribution in [2.24, 2.45) is 5.92 Å². The summed E-state index contributed by atoms with van der Waals surface area (Å²) in [5.41, 5.74) is 4.19. The number of halogens is 1. The van der Waals surface area contributed by atoms with E-state index in [1.165, 1.54) is 56.9 Å². The second-order valence-electron chi connectivity index (χ2n) is 9.24. The highest BCUT2D eigenvalue weighted by molar-refractivity contribution is 5.89. The fourth-order valence-electron chi connectivity index (χ4n) is 5.23. The van der Waals surface area contributed by atoms with E-state index in [1.54, 1.807) is 0 Å². The summed E-state index contributed by atoms with van der Waals surface area (Å²) in [6.45, 7) is 4.28. The molecular weight excluding hydrogens is 379 g/mol. The zero-order valence-electron chi connectivity index (χ0n) is 19.0. The lowest BCUT2D eigenvalue weighted by atomic mass is 9.77. The summed E-state index contributed by atoms with van der Waals surface area (Å²) < 4.78 is 15.3. The summed E-state index contributed by atoms with van der Waals surface area (Å²) in [6, 6.07) is 18.6. The van der Waals surface area contributed by atoms with Crippen LogP contribution in [-0.4, -0.2) is 0 Å². The highest BCUT2D eigenvalue weighted by atomic mass is 19.1. The van der Waals surface area contributed by atoms with E-state index in [0.29, 0.717) is 16.9 Å². The van der Waals surface area contributed by atoms with Crippen molar-refractivity contribution in [1.82, 2.24) is 0 Å². The van der Waals surface area contributed by atoms with Gasteiger partial charge in [0, 0.05) is 10.9 Å². The normalized spacial score (nSPS) is 19.3. The molecule has 1 heteroatoms. The van der Waals surface area contributed by atoms with Gasteiger partial charge in [0.15, 0.2) is 0 Å². The first-order valence-corrected chi connectivity index (χ1v) is 12.1. The van der Waals surface area contributed by atoms with Gasteiger partial charge in [-0.15, -0.1) is 0 Å². The van der Waals surface area contributed by atoms with Crippen LogP contribution in [0, 0.1) is 11.7 Å². The zero-order valence-corrected chi connectivity index (χ0v) is 19.0. The van der Waals surface area contributed by atoms with Crippen molar-refractivity contribution in [2.75, 3.05) is 0 Å². The van der Waals surface area contributed by atoms with Gasteiger partial charge in [0.05, 0.1) is 0 Å². The summed E-state index contributed by atoms with van der Waals surface area (Å²) in [6.07, 6.45) is 14.9. The van der Waals surface area contributed by atoms with Gasteiger partial charge in [-0.25, -0.2) is 4.39 Å². The van der Waals surface area contributed by atoms with E-state index in [1.807, 2.05) is 49.4 Å². The van der Waals surface area contributed by atoms with Gasteiger partial charge in [-0.3, -0.25) is 0 Å². The van der Waals surface area contributed by atoms with Crippen molar-refractivity contribution in [1.29, 1.82) is 0 Å².